The molecular weight excluding hydrogens is 364 g/mol. The first-order valence-electron chi connectivity index (χ1n) is 5.55. The van der Waals surface area contributed by atoms with E-state index in [9.17, 15) is 5.11 Å². The summed E-state index contributed by atoms with van der Waals surface area (Å²) in [5, 5.41) is 22.2. The number of phenolic OH excluding ortho intramolecular Hbond substituents is 1. The molecule has 4 nitrogen and oxygen atoms in total. The second-order valence-corrected chi connectivity index (χ2v) is 5.79. The third kappa shape index (κ3) is 3.26. The van der Waals surface area contributed by atoms with Crippen LogP contribution in [0, 0.1) is 5.41 Å². The van der Waals surface area contributed by atoms with E-state index in [2.05, 4.69) is 26.5 Å². The van der Waals surface area contributed by atoms with Gasteiger partial charge in [-0.05, 0) is 18.2 Å². The number of hydrogen-bond donors (Lipinski definition) is 3. The van der Waals surface area contributed by atoms with Crippen LogP contribution in [-0.2, 0) is 0 Å². The Morgan fingerprint density at radius 1 is 1.25 bits per heavy atom. The van der Waals surface area contributed by atoms with Crippen molar-refractivity contribution in [1.29, 1.82) is 5.41 Å². The molecule has 3 N–H and O–H groups in total. The molecule has 0 amide bonds. The lowest BCUT2D eigenvalue weighted by molar-refractivity contribution is 0.477. The summed E-state index contributed by atoms with van der Waals surface area (Å²) in [4.78, 5) is 0. The van der Waals surface area contributed by atoms with Gasteiger partial charge >= 0.3 is 0 Å². The van der Waals surface area contributed by atoms with Gasteiger partial charge in [0, 0.05) is 10.5 Å². The molecule has 20 heavy (non-hydrogen) atoms. The predicted molar refractivity (Wildman–Crippen MR) is 90.5 cm³/mol. The van der Waals surface area contributed by atoms with Crippen LogP contribution in [0.15, 0.2) is 39.3 Å². The maximum Gasteiger partial charge on any atom is 0.142 e. The van der Waals surface area contributed by atoms with E-state index in [0.717, 1.165) is 9.95 Å². The predicted octanol–water partition coefficient (Wildman–Crippen LogP) is 3.30. The maximum absolute atomic E-state index is 9.74. The number of hydrogen-bond acceptors (Lipinski definition) is 4. The summed E-state index contributed by atoms with van der Waals surface area (Å²) in [6, 6.07) is 2.80. The molecule has 0 bridgehead atoms. The maximum atomic E-state index is 9.74. The Hall–Kier alpha value is -1.24. The molecule has 0 aromatic heterocycles. The van der Waals surface area contributed by atoms with Gasteiger partial charge in [-0.15, -0.1) is 0 Å². The quantitative estimate of drug-likeness (QED) is 0.323. The average Bonchev–Trinajstić information content (AvgIpc) is 2.37. The van der Waals surface area contributed by atoms with Gasteiger partial charge in [0.1, 0.15) is 19.3 Å². The Balaban J connectivity index is 2.27. The van der Waals surface area contributed by atoms with Gasteiger partial charge in [0.15, 0.2) is 0 Å². The van der Waals surface area contributed by atoms with Gasteiger partial charge in [0.25, 0.3) is 0 Å². The van der Waals surface area contributed by atoms with Crippen molar-refractivity contribution >= 4 is 64.1 Å². The van der Waals surface area contributed by atoms with E-state index in [1.807, 2.05) is 7.85 Å². The number of phenols is 1. The topological polar surface area (TPSA) is 68.5 Å². The Bertz CT molecular complexity index is 686. The number of allylic oxidation sites excluding steroid dienone is 4. The minimum atomic E-state index is -0.0687. The molecule has 0 spiro atoms. The molecule has 0 aliphatic heterocycles. The lowest BCUT2D eigenvalue weighted by Gasteiger charge is -2.11. The highest BCUT2D eigenvalue weighted by Crippen LogP contribution is 2.33. The molecule has 0 unspecified atom stereocenters. The van der Waals surface area contributed by atoms with E-state index in [4.69, 9.17) is 28.6 Å². The van der Waals surface area contributed by atoms with E-state index in [0.29, 0.717) is 16.4 Å². The van der Waals surface area contributed by atoms with Gasteiger partial charge in [-0.2, -0.15) is 5.10 Å². The Kier molecular flexibility index (Phi) is 4.57. The van der Waals surface area contributed by atoms with Crippen LogP contribution < -0.4 is 5.43 Å². The van der Waals surface area contributed by atoms with Crippen LogP contribution in [0.25, 0.3) is 0 Å². The smallest absolute Gasteiger partial charge is 0.142 e. The van der Waals surface area contributed by atoms with E-state index >= 15 is 0 Å². The van der Waals surface area contributed by atoms with Gasteiger partial charge in [0.05, 0.1) is 21.4 Å². The molecular formula is C12H9BBrCl2N3O. The van der Waals surface area contributed by atoms with Crippen molar-refractivity contribution in [2.24, 2.45) is 5.10 Å². The van der Waals surface area contributed by atoms with Gasteiger partial charge in [-0.3, -0.25) is 10.8 Å². The van der Waals surface area contributed by atoms with Crippen molar-refractivity contribution in [3.8, 4) is 5.75 Å². The molecule has 0 saturated heterocycles. The van der Waals surface area contributed by atoms with Gasteiger partial charge in [0.2, 0.25) is 0 Å². The van der Waals surface area contributed by atoms with Crippen molar-refractivity contribution in [2.75, 3.05) is 5.43 Å². The van der Waals surface area contributed by atoms with Crippen LogP contribution >= 0.6 is 39.1 Å². The number of benzene rings is 1. The van der Waals surface area contributed by atoms with Crippen LogP contribution in [0.1, 0.15) is 0 Å². The minimum absolute atomic E-state index is 0.0687. The summed E-state index contributed by atoms with van der Waals surface area (Å²) in [5.41, 5.74) is 4.66. The monoisotopic (exact) mass is 371 g/mol. The fourth-order valence-corrected chi connectivity index (χ4v) is 2.16. The zero-order valence-corrected chi connectivity index (χ0v) is 13.4. The minimum Gasteiger partial charge on any atom is -0.506 e. The van der Waals surface area contributed by atoms with Crippen molar-refractivity contribution < 1.29 is 5.11 Å². The lowest BCUT2D eigenvalue weighted by Crippen LogP contribution is -2.15. The van der Waals surface area contributed by atoms with E-state index < -0.39 is 0 Å². The SMILES string of the molecule is BC1=CC(=N)/C(=N\Nc2cc(Cl)c(Cl)cc2O)C=C1Br. The number of aromatic hydroxyl groups is 1. The molecule has 1 aliphatic rings. The molecule has 2 rings (SSSR count). The molecule has 1 aromatic rings. The Morgan fingerprint density at radius 3 is 2.60 bits per heavy atom. The fraction of sp³-hybridized carbons (Fsp3) is 0. The molecule has 1 aliphatic carbocycles. The lowest BCUT2D eigenvalue weighted by atomic mass is 9.89. The summed E-state index contributed by atoms with van der Waals surface area (Å²) < 4.78 is 0.854. The zero-order valence-electron chi connectivity index (χ0n) is 10.3. The summed E-state index contributed by atoms with van der Waals surface area (Å²) in [7, 11) is 1.89. The molecule has 1 aromatic carbocycles. The van der Waals surface area contributed by atoms with Gasteiger partial charge < -0.3 is 5.11 Å². The standard InChI is InChI=1S/C12H9BBrCl2N3O/c13-5-1-9(17)10(2-6(5)14)18-19-11-3-7(15)8(16)4-12(11)20/h1-4,17,19-20H,13H2/b17-9?,18-10-. The summed E-state index contributed by atoms with van der Waals surface area (Å²) in [5.74, 6) is -0.0687. The molecule has 0 radical (unpaired) electrons. The molecule has 0 fully saturated rings. The Labute approximate surface area is 135 Å². The highest BCUT2D eigenvalue weighted by Gasteiger charge is 2.12. The fourth-order valence-electron chi connectivity index (χ4n) is 1.51. The number of nitrogens with one attached hydrogen (secondary N) is 2. The van der Waals surface area contributed by atoms with Crippen LogP contribution in [0.4, 0.5) is 5.69 Å². The van der Waals surface area contributed by atoms with Crippen LogP contribution in [0.2, 0.25) is 10.0 Å². The summed E-state index contributed by atoms with van der Waals surface area (Å²) in [6.45, 7) is 0. The third-order valence-electron chi connectivity index (χ3n) is 2.61. The van der Waals surface area contributed by atoms with E-state index in [1.165, 1.54) is 12.1 Å². The highest BCUT2D eigenvalue weighted by atomic mass is 79.9. The number of anilines is 1. The van der Waals surface area contributed by atoms with E-state index in [-0.39, 0.29) is 16.5 Å². The molecule has 102 valence electrons. The largest absolute Gasteiger partial charge is 0.506 e. The first-order chi connectivity index (χ1) is 9.38. The van der Waals surface area contributed by atoms with Crippen LogP contribution in [0.3, 0.4) is 0 Å². The summed E-state index contributed by atoms with van der Waals surface area (Å²) >= 11 is 15.0. The Morgan fingerprint density at radius 2 is 1.90 bits per heavy atom. The normalized spacial score (nSPS) is 16.9. The van der Waals surface area contributed by atoms with Crippen LogP contribution in [0.5, 0.6) is 5.75 Å². The van der Waals surface area contributed by atoms with E-state index in [1.54, 1.807) is 12.2 Å². The van der Waals surface area contributed by atoms with Gasteiger partial charge in [-0.1, -0.05) is 44.6 Å². The van der Waals surface area contributed by atoms with Gasteiger partial charge in [-0.25, -0.2) is 0 Å². The van der Waals surface area contributed by atoms with Crippen molar-refractivity contribution in [2.45, 2.75) is 0 Å². The number of halogens is 3. The zero-order chi connectivity index (χ0) is 14.9. The molecule has 0 saturated carbocycles. The first kappa shape index (κ1) is 15.2. The number of rotatable bonds is 2. The molecule has 0 atom stereocenters. The first-order valence-corrected chi connectivity index (χ1v) is 7.10. The second-order valence-electron chi connectivity index (χ2n) is 4.13. The average molecular weight is 373 g/mol. The third-order valence-corrected chi connectivity index (χ3v) is 4.19. The van der Waals surface area contributed by atoms with Crippen LogP contribution in [-0.4, -0.2) is 24.4 Å². The highest BCUT2D eigenvalue weighted by molar-refractivity contribution is 9.12. The molecule has 8 heteroatoms. The number of hydrazone groups is 1. The molecule has 0 heterocycles. The number of nitrogens with zero attached hydrogens (tertiary/aromatic N) is 1. The van der Waals surface area contributed by atoms with Crippen molar-refractivity contribution in [3.05, 3.63) is 44.3 Å². The van der Waals surface area contributed by atoms with Crippen molar-refractivity contribution in [3.63, 3.8) is 0 Å². The second kappa shape index (κ2) is 6.03. The summed E-state index contributed by atoms with van der Waals surface area (Å²) in [6.07, 6.45) is 3.42. The van der Waals surface area contributed by atoms with Crippen molar-refractivity contribution in [1.82, 2.24) is 0 Å².